The summed E-state index contributed by atoms with van der Waals surface area (Å²) in [5.41, 5.74) is 2.27. The van der Waals surface area contributed by atoms with E-state index >= 15 is 0 Å². The second-order valence-electron chi connectivity index (χ2n) is 3.83. The minimum Gasteiger partial charge on any atom is -0.343 e. The van der Waals surface area contributed by atoms with Crippen LogP contribution in [0.15, 0.2) is 24.4 Å². The number of aromatic amines is 1. The van der Waals surface area contributed by atoms with Crippen molar-refractivity contribution in [2.75, 3.05) is 13.6 Å². The lowest BCUT2D eigenvalue weighted by Gasteiger charge is -2.11. The third-order valence-electron chi connectivity index (χ3n) is 2.80. The van der Waals surface area contributed by atoms with E-state index in [9.17, 15) is 0 Å². The first-order valence-corrected chi connectivity index (χ1v) is 5.43. The normalized spacial score (nSPS) is 13.2. The Morgan fingerprint density at radius 3 is 3.07 bits per heavy atom. The van der Waals surface area contributed by atoms with E-state index in [1.54, 1.807) is 0 Å². The Labute approximate surface area is 89.9 Å². The van der Waals surface area contributed by atoms with Gasteiger partial charge in [-0.05, 0) is 31.7 Å². The molecule has 2 aromatic heterocycles. The predicted molar refractivity (Wildman–Crippen MR) is 63.1 cm³/mol. The third-order valence-corrected chi connectivity index (χ3v) is 2.80. The van der Waals surface area contributed by atoms with Crippen molar-refractivity contribution >= 4 is 11.0 Å². The summed E-state index contributed by atoms with van der Waals surface area (Å²) in [4.78, 5) is 7.68. The predicted octanol–water partition coefficient (Wildman–Crippen LogP) is 2.28. The van der Waals surface area contributed by atoms with E-state index in [1.807, 2.05) is 19.3 Å². The summed E-state index contributed by atoms with van der Waals surface area (Å²) in [6.45, 7) is 3.21. The van der Waals surface area contributed by atoms with Gasteiger partial charge in [0.05, 0.1) is 0 Å². The molecule has 2 N–H and O–H groups in total. The van der Waals surface area contributed by atoms with Gasteiger partial charge in [-0.2, -0.15) is 0 Å². The number of likely N-dealkylation sites (N-methyl/N-ethyl adjacent to an activating group) is 1. The molecule has 0 spiro atoms. The second-order valence-corrected chi connectivity index (χ2v) is 3.83. The van der Waals surface area contributed by atoms with Crippen LogP contribution in [0.1, 0.15) is 25.0 Å². The van der Waals surface area contributed by atoms with E-state index in [2.05, 4.69) is 34.3 Å². The Balaban J connectivity index is 2.34. The van der Waals surface area contributed by atoms with Crippen LogP contribution >= 0.6 is 0 Å². The van der Waals surface area contributed by atoms with Gasteiger partial charge in [0, 0.05) is 29.7 Å². The SMILES string of the molecule is CCC(CNC)c1cc2cccnc2[nH]1. The smallest absolute Gasteiger partial charge is 0.137 e. The first-order valence-electron chi connectivity index (χ1n) is 5.43. The maximum Gasteiger partial charge on any atom is 0.137 e. The molecule has 0 fully saturated rings. The molecule has 0 aliphatic rings. The highest BCUT2D eigenvalue weighted by atomic mass is 14.9. The highest BCUT2D eigenvalue weighted by molar-refractivity contribution is 5.76. The van der Waals surface area contributed by atoms with Crippen LogP contribution in [0.3, 0.4) is 0 Å². The van der Waals surface area contributed by atoms with Gasteiger partial charge in [-0.3, -0.25) is 0 Å². The van der Waals surface area contributed by atoms with Crippen LogP contribution in [0.5, 0.6) is 0 Å². The van der Waals surface area contributed by atoms with Crippen molar-refractivity contribution < 1.29 is 0 Å². The van der Waals surface area contributed by atoms with Crippen LogP contribution in [0.2, 0.25) is 0 Å². The van der Waals surface area contributed by atoms with Gasteiger partial charge in [0.2, 0.25) is 0 Å². The molecule has 2 aromatic rings. The zero-order chi connectivity index (χ0) is 10.7. The first-order chi connectivity index (χ1) is 7.35. The van der Waals surface area contributed by atoms with Crippen LogP contribution < -0.4 is 5.32 Å². The highest BCUT2D eigenvalue weighted by Crippen LogP contribution is 2.21. The van der Waals surface area contributed by atoms with Crippen molar-refractivity contribution in [2.24, 2.45) is 0 Å². The van der Waals surface area contributed by atoms with Gasteiger partial charge in [-0.1, -0.05) is 6.92 Å². The topological polar surface area (TPSA) is 40.7 Å². The molecule has 3 nitrogen and oxygen atoms in total. The zero-order valence-electron chi connectivity index (χ0n) is 9.25. The molecule has 0 aliphatic carbocycles. The Bertz CT molecular complexity index is 400. The van der Waals surface area contributed by atoms with Crippen LogP contribution in [0.25, 0.3) is 11.0 Å². The maximum atomic E-state index is 4.30. The van der Waals surface area contributed by atoms with Gasteiger partial charge in [0.25, 0.3) is 0 Å². The summed E-state index contributed by atoms with van der Waals surface area (Å²) in [6.07, 6.45) is 2.95. The molecule has 0 saturated heterocycles. The molecule has 0 saturated carbocycles. The van der Waals surface area contributed by atoms with E-state index in [1.165, 1.54) is 11.1 Å². The molecule has 2 rings (SSSR count). The molecular formula is C12H17N3. The number of hydrogen-bond donors (Lipinski definition) is 2. The lowest BCUT2D eigenvalue weighted by Crippen LogP contribution is -2.16. The molecular weight excluding hydrogens is 186 g/mol. The van der Waals surface area contributed by atoms with Crippen LogP contribution in [0, 0.1) is 0 Å². The molecule has 1 atom stereocenters. The van der Waals surface area contributed by atoms with Gasteiger partial charge >= 0.3 is 0 Å². The van der Waals surface area contributed by atoms with E-state index < -0.39 is 0 Å². The minimum atomic E-state index is 0.546. The number of pyridine rings is 1. The number of nitrogens with one attached hydrogen (secondary N) is 2. The monoisotopic (exact) mass is 203 g/mol. The number of nitrogens with zero attached hydrogens (tertiary/aromatic N) is 1. The van der Waals surface area contributed by atoms with Crippen molar-refractivity contribution in [1.29, 1.82) is 0 Å². The number of hydrogen-bond acceptors (Lipinski definition) is 2. The largest absolute Gasteiger partial charge is 0.343 e. The quantitative estimate of drug-likeness (QED) is 0.800. The molecule has 80 valence electrons. The van der Waals surface area contributed by atoms with Crippen LogP contribution in [-0.2, 0) is 0 Å². The summed E-state index contributed by atoms with van der Waals surface area (Å²) >= 11 is 0. The summed E-state index contributed by atoms with van der Waals surface area (Å²) in [6, 6.07) is 6.27. The fourth-order valence-electron chi connectivity index (χ4n) is 1.92. The third kappa shape index (κ3) is 2.02. The molecule has 15 heavy (non-hydrogen) atoms. The van der Waals surface area contributed by atoms with Crippen molar-refractivity contribution in [3.05, 3.63) is 30.1 Å². The lowest BCUT2D eigenvalue weighted by atomic mass is 10.0. The van der Waals surface area contributed by atoms with Gasteiger partial charge in [-0.25, -0.2) is 4.98 Å². The van der Waals surface area contributed by atoms with Crippen LogP contribution in [0.4, 0.5) is 0 Å². The molecule has 0 radical (unpaired) electrons. The van der Waals surface area contributed by atoms with Crippen molar-refractivity contribution in [2.45, 2.75) is 19.3 Å². The second kappa shape index (κ2) is 4.45. The lowest BCUT2D eigenvalue weighted by molar-refractivity contribution is 0.601. The van der Waals surface area contributed by atoms with E-state index in [-0.39, 0.29) is 0 Å². The van der Waals surface area contributed by atoms with E-state index in [0.717, 1.165) is 18.6 Å². The standard InChI is InChI=1S/C12H17N3/c1-3-9(8-13-2)11-7-10-5-4-6-14-12(10)15-11/h4-7,9,13H,3,8H2,1-2H3,(H,14,15). The average molecular weight is 203 g/mol. The van der Waals surface area contributed by atoms with Crippen LogP contribution in [-0.4, -0.2) is 23.6 Å². The molecule has 0 bridgehead atoms. The Morgan fingerprint density at radius 2 is 2.40 bits per heavy atom. The Hall–Kier alpha value is -1.35. The number of H-pyrrole nitrogens is 1. The maximum absolute atomic E-state index is 4.30. The van der Waals surface area contributed by atoms with Crippen molar-refractivity contribution in [1.82, 2.24) is 15.3 Å². The Kier molecular flexibility index (Phi) is 3.02. The number of fused-ring (bicyclic) bond motifs is 1. The number of rotatable bonds is 4. The molecule has 3 heteroatoms. The zero-order valence-corrected chi connectivity index (χ0v) is 9.25. The number of aromatic nitrogens is 2. The fraction of sp³-hybridized carbons (Fsp3) is 0.417. The first kappa shape index (κ1) is 10.2. The molecule has 0 amide bonds. The van der Waals surface area contributed by atoms with Gasteiger partial charge in [0.1, 0.15) is 5.65 Å². The molecule has 1 unspecified atom stereocenters. The molecule has 0 aromatic carbocycles. The van der Waals surface area contributed by atoms with Crippen molar-refractivity contribution in [3.8, 4) is 0 Å². The van der Waals surface area contributed by atoms with Crippen molar-refractivity contribution in [3.63, 3.8) is 0 Å². The summed E-state index contributed by atoms with van der Waals surface area (Å²) in [7, 11) is 1.99. The van der Waals surface area contributed by atoms with Gasteiger partial charge < -0.3 is 10.3 Å². The fourth-order valence-corrected chi connectivity index (χ4v) is 1.92. The highest BCUT2D eigenvalue weighted by Gasteiger charge is 2.11. The average Bonchev–Trinajstić information content (AvgIpc) is 2.69. The van der Waals surface area contributed by atoms with E-state index in [4.69, 9.17) is 0 Å². The van der Waals surface area contributed by atoms with E-state index in [0.29, 0.717) is 5.92 Å². The van der Waals surface area contributed by atoms with Gasteiger partial charge in [-0.15, -0.1) is 0 Å². The summed E-state index contributed by atoms with van der Waals surface area (Å²) in [5, 5.41) is 4.42. The molecule has 2 heterocycles. The van der Waals surface area contributed by atoms with Gasteiger partial charge in [0.15, 0.2) is 0 Å². The Morgan fingerprint density at radius 1 is 1.53 bits per heavy atom. The minimum absolute atomic E-state index is 0.546. The summed E-state index contributed by atoms with van der Waals surface area (Å²) < 4.78 is 0. The summed E-state index contributed by atoms with van der Waals surface area (Å²) in [5.74, 6) is 0.546. The molecule has 0 aliphatic heterocycles.